The van der Waals surface area contributed by atoms with Gasteiger partial charge in [0.05, 0.1) is 11.0 Å². The van der Waals surface area contributed by atoms with Gasteiger partial charge < -0.3 is 0 Å². The molecule has 0 aliphatic heterocycles. The molecule has 1 aliphatic rings. The third-order valence-corrected chi connectivity index (χ3v) is 4.61. The van der Waals surface area contributed by atoms with E-state index in [9.17, 15) is 17.2 Å². The van der Waals surface area contributed by atoms with Crippen LogP contribution in [0.1, 0.15) is 31.2 Å². The van der Waals surface area contributed by atoms with Crippen LogP contribution in [0.4, 0.5) is 8.78 Å². The lowest BCUT2D eigenvalue weighted by Crippen LogP contribution is -2.30. The first-order chi connectivity index (χ1) is 8.78. The molecule has 1 aromatic rings. The minimum atomic E-state index is -3.86. The van der Waals surface area contributed by atoms with Crippen LogP contribution in [-0.4, -0.2) is 20.4 Å². The molecule has 0 saturated heterocycles. The number of benzene rings is 1. The zero-order valence-corrected chi connectivity index (χ0v) is 11.4. The standard InChI is InChI=1S/C13H16F2O3S/c1-10-2-4-12(5-3-10)19(16,17)18-11-6-8-13(14,15)9-7-11/h2-5,11H,6-9H2,1H3. The number of alkyl halides is 2. The summed E-state index contributed by atoms with van der Waals surface area (Å²) in [5.74, 6) is -2.69. The molecule has 2 rings (SSSR count). The van der Waals surface area contributed by atoms with E-state index in [2.05, 4.69) is 0 Å². The second-order valence-electron chi connectivity index (χ2n) is 4.92. The minimum absolute atomic E-state index is 0.0652. The van der Waals surface area contributed by atoms with Crippen molar-refractivity contribution in [3.63, 3.8) is 0 Å². The van der Waals surface area contributed by atoms with E-state index in [0.717, 1.165) is 5.56 Å². The zero-order chi connectivity index (χ0) is 14.1. The van der Waals surface area contributed by atoms with Crippen molar-refractivity contribution in [1.82, 2.24) is 0 Å². The fourth-order valence-corrected chi connectivity index (χ4v) is 3.18. The Hall–Kier alpha value is -1.01. The summed E-state index contributed by atoms with van der Waals surface area (Å²) in [6, 6.07) is 6.26. The van der Waals surface area contributed by atoms with Crippen molar-refractivity contribution in [2.45, 2.75) is 49.5 Å². The van der Waals surface area contributed by atoms with Crippen molar-refractivity contribution < 1.29 is 21.4 Å². The highest BCUT2D eigenvalue weighted by Gasteiger charge is 2.37. The molecule has 1 fully saturated rings. The van der Waals surface area contributed by atoms with Gasteiger partial charge in [-0.1, -0.05) is 17.7 Å². The second kappa shape index (κ2) is 5.17. The number of halogens is 2. The van der Waals surface area contributed by atoms with E-state index >= 15 is 0 Å². The Morgan fingerprint density at radius 3 is 2.21 bits per heavy atom. The first-order valence-electron chi connectivity index (χ1n) is 6.16. The van der Waals surface area contributed by atoms with E-state index in [1.54, 1.807) is 12.1 Å². The highest BCUT2D eigenvalue weighted by molar-refractivity contribution is 7.86. The molecule has 0 aromatic heterocycles. The first kappa shape index (κ1) is 14.4. The topological polar surface area (TPSA) is 43.4 Å². The van der Waals surface area contributed by atoms with Crippen LogP contribution in [0.5, 0.6) is 0 Å². The molecule has 1 aliphatic carbocycles. The molecule has 0 atom stereocenters. The molecule has 3 nitrogen and oxygen atoms in total. The van der Waals surface area contributed by atoms with Gasteiger partial charge in [-0.15, -0.1) is 0 Å². The predicted molar refractivity (Wildman–Crippen MR) is 66.7 cm³/mol. The summed E-state index contributed by atoms with van der Waals surface area (Å²) in [5.41, 5.74) is 0.941. The second-order valence-corrected chi connectivity index (χ2v) is 6.49. The molecule has 0 amide bonds. The van der Waals surface area contributed by atoms with Crippen molar-refractivity contribution in [3.8, 4) is 0 Å². The lowest BCUT2D eigenvalue weighted by molar-refractivity contribution is -0.0574. The molecule has 19 heavy (non-hydrogen) atoms. The Bertz CT molecular complexity index is 528. The van der Waals surface area contributed by atoms with Crippen LogP contribution < -0.4 is 0 Å². The Morgan fingerprint density at radius 2 is 1.68 bits per heavy atom. The smallest absolute Gasteiger partial charge is 0.263 e. The number of hydrogen-bond donors (Lipinski definition) is 0. The van der Waals surface area contributed by atoms with Crippen LogP contribution in [0, 0.1) is 6.92 Å². The summed E-state index contributed by atoms with van der Waals surface area (Å²) in [6.07, 6.45) is -1.15. The molecule has 1 saturated carbocycles. The molecular weight excluding hydrogens is 274 g/mol. The highest BCUT2D eigenvalue weighted by Crippen LogP contribution is 2.35. The van der Waals surface area contributed by atoms with Crippen LogP contribution >= 0.6 is 0 Å². The van der Waals surface area contributed by atoms with Gasteiger partial charge in [-0.05, 0) is 31.9 Å². The lowest BCUT2D eigenvalue weighted by Gasteiger charge is -2.27. The van der Waals surface area contributed by atoms with E-state index in [1.165, 1.54) is 12.1 Å². The highest BCUT2D eigenvalue weighted by atomic mass is 32.2. The van der Waals surface area contributed by atoms with Gasteiger partial charge in [0, 0.05) is 12.8 Å². The van der Waals surface area contributed by atoms with Crippen LogP contribution in [-0.2, 0) is 14.3 Å². The third-order valence-electron chi connectivity index (χ3n) is 3.24. The van der Waals surface area contributed by atoms with Gasteiger partial charge in [0.15, 0.2) is 0 Å². The van der Waals surface area contributed by atoms with Gasteiger partial charge >= 0.3 is 0 Å². The molecule has 0 unspecified atom stereocenters. The summed E-state index contributed by atoms with van der Waals surface area (Å²) >= 11 is 0. The number of aryl methyl sites for hydroxylation is 1. The predicted octanol–water partition coefficient (Wildman–Crippen LogP) is 3.28. The minimum Gasteiger partial charge on any atom is -0.263 e. The third kappa shape index (κ3) is 3.73. The lowest BCUT2D eigenvalue weighted by atomic mass is 9.94. The monoisotopic (exact) mass is 290 g/mol. The number of rotatable bonds is 3. The van der Waals surface area contributed by atoms with Gasteiger partial charge in [-0.25, -0.2) is 8.78 Å². The molecule has 0 spiro atoms. The van der Waals surface area contributed by atoms with E-state index in [4.69, 9.17) is 4.18 Å². The maximum absolute atomic E-state index is 13.0. The SMILES string of the molecule is Cc1ccc(S(=O)(=O)OC2CCC(F)(F)CC2)cc1. The average Bonchev–Trinajstić information content (AvgIpc) is 2.32. The summed E-state index contributed by atoms with van der Waals surface area (Å²) in [7, 11) is -3.86. The fourth-order valence-electron chi connectivity index (χ4n) is 2.05. The maximum atomic E-state index is 13.0. The Kier molecular flexibility index (Phi) is 3.92. The number of hydrogen-bond acceptors (Lipinski definition) is 3. The molecule has 6 heteroatoms. The first-order valence-corrected chi connectivity index (χ1v) is 7.57. The molecule has 106 valence electrons. The molecule has 0 heterocycles. The quantitative estimate of drug-likeness (QED) is 0.802. The van der Waals surface area contributed by atoms with Gasteiger partial charge in [0.2, 0.25) is 5.92 Å². The van der Waals surface area contributed by atoms with Crippen LogP contribution in [0.2, 0.25) is 0 Å². The van der Waals surface area contributed by atoms with Crippen molar-refractivity contribution in [1.29, 1.82) is 0 Å². The summed E-state index contributed by atoms with van der Waals surface area (Å²) in [4.78, 5) is 0.0652. The van der Waals surface area contributed by atoms with Crippen molar-refractivity contribution in [3.05, 3.63) is 29.8 Å². The average molecular weight is 290 g/mol. The molecule has 0 radical (unpaired) electrons. The van der Waals surface area contributed by atoms with Gasteiger partial charge in [-0.3, -0.25) is 4.18 Å². The van der Waals surface area contributed by atoms with Crippen molar-refractivity contribution in [2.75, 3.05) is 0 Å². The molecule has 1 aromatic carbocycles. The van der Waals surface area contributed by atoms with Crippen molar-refractivity contribution >= 4 is 10.1 Å². The molecule has 0 N–H and O–H groups in total. The molecule has 0 bridgehead atoms. The Labute approximate surface area is 111 Å². The summed E-state index contributed by atoms with van der Waals surface area (Å²) in [5, 5.41) is 0. The summed E-state index contributed by atoms with van der Waals surface area (Å²) in [6.45, 7) is 1.85. The van der Waals surface area contributed by atoms with Crippen LogP contribution in [0.3, 0.4) is 0 Å². The largest absolute Gasteiger partial charge is 0.297 e. The van der Waals surface area contributed by atoms with E-state index < -0.39 is 22.1 Å². The zero-order valence-electron chi connectivity index (χ0n) is 10.6. The van der Waals surface area contributed by atoms with E-state index in [1.807, 2.05) is 6.92 Å². The van der Waals surface area contributed by atoms with Crippen molar-refractivity contribution in [2.24, 2.45) is 0 Å². The van der Waals surface area contributed by atoms with Gasteiger partial charge in [0.1, 0.15) is 0 Å². The Morgan fingerprint density at radius 1 is 1.16 bits per heavy atom. The fraction of sp³-hybridized carbons (Fsp3) is 0.538. The molecular formula is C13H16F2O3S. The van der Waals surface area contributed by atoms with E-state index in [0.29, 0.717) is 0 Å². The van der Waals surface area contributed by atoms with Gasteiger partial charge in [-0.2, -0.15) is 8.42 Å². The van der Waals surface area contributed by atoms with Crippen LogP contribution in [0.25, 0.3) is 0 Å². The Balaban J connectivity index is 2.04. The normalized spacial score (nSPS) is 20.4. The van der Waals surface area contributed by atoms with Crippen LogP contribution in [0.15, 0.2) is 29.2 Å². The summed E-state index contributed by atoms with van der Waals surface area (Å²) < 4.78 is 54.9. The maximum Gasteiger partial charge on any atom is 0.297 e. The van der Waals surface area contributed by atoms with E-state index in [-0.39, 0.29) is 30.6 Å². The van der Waals surface area contributed by atoms with Gasteiger partial charge in [0.25, 0.3) is 10.1 Å².